The van der Waals surface area contributed by atoms with Gasteiger partial charge in [-0.1, -0.05) is 6.92 Å². The number of aromatic nitrogens is 1. The van der Waals surface area contributed by atoms with Gasteiger partial charge in [-0.3, -0.25) is 4.98 Å². The van der Waals surface area contributed by atoms with Crippen molar-refractivity contribution >= 4 is 0 Å². The van der Waals surface area contributed by atoms with Crippen molar-refractivity contribution in [1.82, 2.24) is 10.3 Å². The summed E-state index contributed by atoms with van der Waals surface area (Å²) >= 11 is 0. The van der Waals surface area contributed by atoms with E-state index >= 15 is 0 Å². The number of nitrogens with zero attached hydrogens (tertiary/aromatic N) is 1. The van der Waals surface area contributed by atoms with E-state index < -0.39 is 0 Å². The Hall–Kier alpha value is -1.13. The summed E-state index contributed by atoms with van der Waals surface area (Å²) < 4.78 is 10.9. The molecule has 0 amide bonds. The zero-order valence-electron chi connectivity index (χ0n) is 11.1. The molecule has 4 heteroatoms. The molecular weight excluding hydrogens is 216 g/mol. The van der Waals surface area contributed by atoms with Gasteiger partial charge in [-0.05, 0) is 32.0 Å². The molecule has 0 saturated heterocycles. The fraction of sp³-hybridized carbons (Fsp3) is 0.615. The first-order valence-electron chi connectivity index (χ1n) is 6.04. The third-order valence-corrected chi connectivity index (χ3v) is 2.80. The average Bonchev–Trinajstić information content (AvgIpc) is 2.38. The fourth-order valence-electron chi connectivity index (χ4n) is 1.95. The van der Waals surface area contributed by atoms with Gasteiger partial charge in [0.1, 0.15) is 5.75 Å². The number of hydrogen-bond acceptors (Lipinski definition) is 4. The van der Waals surface area contributed by atoms with Crippen LogP contribution < -0.4 is 10.1 Å². The summed E-state index contributed by atoms with van der Waals surface area (Å²) in [7, 11) is 3.58. The lowest BCUT2D eigenvalue weighted by molar-refractivity contribution is 0.0332. The maximum absolute atomic E-state index is 5.74. The van der Waals surface area contributed by atoms with Crippen LogP contribution in [-0.4, -0.2) is 31.9 Å². The Balaban J connectivity index is 2.90. The van der Waals surface area contributed by atoms with Gasteiger partial charge in [-0.15, -0.1) is 0 Å². The van der Waals surface area contributed by atoms with E-state index in [1.165, 1.54) is 0 Å². The standard InChI is InChI=1S/C13H22N2O2/c1-5-12(17-6-2)13(14-3)10-7-11(16-4)9-15-8-10/h7-9,12-14H,5-6H2,1-4H3. The predicted octanol–water partition coefficient (Wildman–Crippen LogP) is 2.17. The van der Waals surface area contributed by atoms with E-state index in [1.807, 2.05) is 26.2 Å². The molecule has 17 heavy (non-hydrogen) atoms. The molecule has 96 valence electrons. The van der Waals surface area contributed by atoms with Crippen molar-refractivity contribution in [3.05, 3.63) is 24.0 Å². The highest BCUT2D eigenvalue weighted by atomic mass is 16.5. The SMILES string of the molecule is CCOC(CC)C(NC)c1cncc(OC)c1. The molecule has 4 nitrogen and oxygen atoms in total. The molecule has 0 bridgehead atoms. The first kappa shape index (κ1) is 13.9. The smallest absolute Gasteiger partial charge is 0.137 e. The zero-order chi connectivity index (χ0) is 12.7. The third-order valence-electron chi connectivity index (χ3n) is 2.80. The van der Waals surface area contributed by atoms with E-state index in [9.17, 15) is 0 Å². The van der Waals surface area contributed by atoms with Crippen molar-refractivity contribution in [2.75, 3.05) is 20.8 Å². The molecular formula is C13H22N2O2. The molecule has 1 aromatic heterocycles. The molecule has 0 radical (unpaired) electrons. The Morgan fingerprint density at radius 1 is 1.35 bits per heavy atom. The quantitative estimate of drug-likeness (QED) is 0.790. The molecule has 0 aliphatic heterocycles. The molecule has 0 fully saturated rings. The van der Waals surface area contributed by atoms with Crippen LogP contribution >= 0.6 is 0 Å². The Morgan fingerprint density at radius 3 is 2.65 bits per heavy atom. The van der Waals surface area contributed by atoms with E-state index in [0.29, 0.717) is 6.61 Å². The minimum absolute atomic E-state index is 0.141. The Morgan fingerprint density at radius 2 is 2.12 bits per heavy atom. The van der Waals surface area contributed by atoms with E-state index in [1.54, 1.807) is 13.3 Å². The summed E-state index contributed by atoms with van der Waals surface area (Å²) in [4.78, 5) is 4.18. The molecule has 0 spiro atoms. The van der Waals surface area contributed by atoms with Gasteiger partial charge >= 0.3 is 0 Å². The number of rotatable bonds is 7. The van der Waals surface area contributed by atoms with E-state index in [4.69, 9.17) is 9.47 Å². The second kappa shape index (κ2) is 7.25. The monoisotopic (exact) mass is 238 g/mol. The van der Waals surface area contributed by atoms with Crippen LogP contribution in [0, 0.1) is 0 Å². The van der Waals surface area contributed by atoms with Gasteiger partial charge in [0.15, 0.2) is 0 Å². The van der Waals surface area contributed by atoms with Gasteiger partial charge in [0.05, 0.1) is 25.5 Å². The lowest BCUT2D eigenvalue weighted by Crippen LogP contribution is -2.31. The van der Waals surface area contributed by atoms with Crippen LogP contribution in [0.5, 0.6) is 5.75 Å². The van der Waals surface area contributed by atoms with Crippen molar-refractivity contribution in [3.63, 3.8) is 0 Å². The summed E-state index contributed by atoms with van der Waals surface area (Å²) in [6.45, 7) is 4.85. The van der Waals surface area contributed by atoms with Gasteiger partial charge in [0.2, 0.25) is 0 Å². The van der Waals surface area contributed by atoms with Crippen molar-refractivity contribution in [2.24, 2.45) is 0 Å². The number of hydrogen-bond donors (Lipinski definition) is 1. The largest absolute Gasteiger partial charge is 0.495 e. The lowest BCUT2D eigenvalue weighted by Gasteiger charge is -2.26. The lowest BCUT2D eigenvalue weighted by atomic mass is 10.0. The van der Waals surface area contributed by atoms with Gasteiger partial charge in [0.25, 0.3) is 0 Å². The molecule has 1 rings (SSSR count). The van der Waals surface area contributed by atoms with Crippen molar-refractivity contribution in [3.8, 4) is 5.75 Å². The number of ether oxygens (including phenoxy) is 2. The highest BCUT2D eigenvalue weighted by Gasteiger charge is 2.21. The summed E-state index contributed by atoms with van der Waals surface area (Å²) in [5.74, 6) is 0.772. The van der Waals surface area contributed by atoms with Crippen LogP contribution in [0.3, 0.4) is 0 Å². The highest BCUT2D eigenvalue weighted by molar-refractivity contribution is 5.26. The molecule has 0 saturated carbocycles. The van der Waals surface area contributed by atoms with Crippen LogP contribution in [0.4, 0.5) is 0 Å². The highest BCUT2D eigenvalue weighted by Crippen LogP contribution is 2.23. The number of likely N-dealkylation sites (N-methyl/N-ethyl adjacent to an activating group) is 1. The maximum Gasteiger partial charge on any atom is 0.137 e. The van der Waals surface area contributed by atoms with Crippen molar-refractivity contribution < 1.29 is 9.47 Å². The Bertz CT molecular complexity index is 331. The maximum atomic E-state index is 5.74. The van der Waals surface area contributed by atoms with Crippen LogP contribution in [0.15, 0.2) is 18.5 Å². The molecule has 2 atom stereocenters. The van der Waals surface area contributed by atoms with Gasteiger partial charge in [-0.25, -0.2) is 0 Å². The van der Waals surface area contributed by atoms with Crippen molar-refractivity contribution in [1.29, 1.82) is 0 Å². The van der Waals surface area contributed by atoms with Crippen molar-refractivity contribution in [2.45, 2.75) is 32.4 Å². The van der Waals surface area contributed by atoms with Gasteiger partial charge < -0.3 is 14.8 Å². The van der Waals surface area contributed by atoms with Crippen LogP contribution in [-0.2, 0) is 4.74 Å². The topological polar surface area (TPSA) is 43.4 Å². The third kappa shape index (κ3) is 3.68. The minimum Gasteiger partial charge on any atom is -0.495 e. The molecule has 0 aromatic carbocycles. The second-order valence-electron chi connectivity index (χ2n) is 3.83. The molecule has 1 N–H and O–H groups in total. The zero-order valence-corrected chi connectivity index (χ0v) is 11.1. The van der Waals surface area contributed by atoms with Crippen LogP contribution in [0.2, 0.25) is 0 Å². The minimum atomic E-state index is 0.141. The molecule has 0 aliphatic carbocycles. The first-order chi connectivity index (χ1) is 8.26. The fourth-order valence-corrected chi connectivity index (χ4v) is 1.95. The molecule has 0 aliphatic rings. The average molecular weight is 238 g/mol. The van der Waals surface area contributed by atoms with Crippen LogP contribution in [0.25, 0.3) is 0 Å². The first-order valence-corrected chi connectivity index (χ1v) is 6.04. The summed E-state index contributed by atoms with van der Waals surface area (Å²) in [5.41, 5.74) is 1.09. The molecule has 1 aromatic rings. The Labute approximate surface area is 103 Å². The summed E-state index contributed by atoms with van der Waals surface area (Å²) in [6, 6.07) is 2.14. The van der Waals surface area contributed by atoms with Gasteiger partial charge in [-0.2, -0.15) is 0 Å². The van der Waals surface area contributed by atoms with Crippen LogP contribution in [0.1, 0.15) is 31.9 Å². The molecule has 2 unspecified atom stereocenters. The predicted molar refractivity (Wildman–Crippen MR) is 68.3 cm³/mol. The summed E-state index contributed by atoms with van der Waals surface area (Å²) in [6.07, 6.45) is 4.67. The normalized spacial score (nSPS) is 14.4. The van der Waals surface area contributed by atoms with Gasteiger partial charge in [0, 0.05) is 12.8 Å². The number of nitrogens with one attached hydrogen (secondary N) is 1. The number of pyridine rings is 1. The molecule has 1 heterocycles. The second-order valence-corrected chi connectivity index (χ2v) is 3.83. The van der Waals surface area contributed by atoms with E-state index in [0.717, 1.165) is 17.7 Å². The number of methoxy groups -OCH3 is 1. The summed E-state index contributed by atoms with van der Waals surface area (Å²) in [5, 5.41) is 3.28. The van der Waals surface area contributed by atoms with E-state index in [-0.39, 0.29) is 12.1 Å². The Kier molecular flexibility index (Phi) is 5.94. The van der Waals surface area contributed by atoms with E-state index in [2.05, 4.69) is 17.2 Å².